The summed E-state index contributed by atoms with van der Waals surface area (Å²) in [4.78, 5) is 0. The van der Waals surface area contributed by atoms with E-state index in [1.165, 1.54) is 30.4 Å². The normalized spacial score (nSPS) is 26.9. The standard InChI is InChI=1S/C15H23N/c1-11-7-9-14(10-8-11)13(3)16-15-6-4-5-12(15)2/h7-10,12-13,15-16H,4-6H2,1-3H3. The van der Waals surface area contributed by atoms with Crippen LogP contribution >= 0.6 is 0 Å². The summed E-state index contributed by atoms with van der Waals surface area (Å²) in [6.07, 6.45) is 4.12. The van der Waals surface area contributed by atoms with Crippen LogP contribution in [0.2, 0.25) is 0 Å². The Kier molecular flexibility index (Phi) is 3.65. The molecule has 0 saturated heterocycles. The van der Waals surface area contributed by atoms with Gasteiger partial charge in [-0.2, -0.15) is 0 Å². The highest BCUT2D eigenvalue weighted by atomic mass is 15.0. The van der Waals surface area contributed by atoms with Crippen molar-refractivity contribution in [1.82, 2.24) is 5.32 Å². The van der Waals surface area contributed by atoms with Crippen molar-refractivity contribution in [2.45, 2.75) is 52.1 Å². The monoisotopic (exact) mass is 217 g/mol. The van der Waals surface area contributed by atoms with Crippen LogP contribution in [-0.2, 0) is 0 Å². The molecule has 1 aromatic carbocycles. The van der Waals surface area contributed by atoms with Crippen LogP contribution < -0.4 is 5.32 Å². The van der Waals surface area contributed by atoms with Crippen molar-refractivity contribution in [2.75, 3.05) is 0 Å². The lowest BCUT2D eigenvalue weighted by molar-refractivity contribution is 0.388. The average Bonchev–Trinajstić information content (AvgIpc) is 2.65. The Morgan fingerprint density at radius 1 is 1.19 bits per heavy atom. The predicted octanol–water partition coefficient (Wildman–Crippen LogP) is 3.83. The van der Waals surface area contributed by atoms with Gasteiger partial charge in [-0.1, -0.05) is 43.2 Å². The SMILES string of the molecule is Cc1ccc(C(C)NC2CCCC2C)cc1. The van der Waals surface area contributed by atoms with Gasteiger partial charge in [0.1, 0.15) is 0 Å². The molecule has 1 fully saturated rings. The fourth-order valence-corrected chi connectivity index (χ4v) is 2.67. The van der Waals surface area contributed by atoms with Crippen LogP contribution in [0.1, 0.15) is 50.3 Å². The first kappa shape index (κ1) is 11.7. The highest BCUT2D eigenvalue weighted by molar-refractivity contribution is 5.23. The van der Waals surface area contributed by atoms with E-state index in [9.17, 15) is 0 Å². The minimum Gasteiger partial charge on any atom is -0.307 e. The predicted molar refractivity (Wildman–Crippen MR) is 69.5 cm³/mol. The summed E-state index contributed by atoms with van der Waals surface area (Å²) in [6, 6.07) is 10.1. The van der Waals surface area contributed by atoms with Gasteiger partial charge in [0.2, 0.25) is 0 Å². The maximum atomic E-state index is 3.76. The summed E-state index contributed by atoms with van der Waals surface area (Å²) in [5.74, 6) is 0.841. The second kappa shape index (κ2) is 5.01. The summed E-state index contributed by atoms with van der Waals surface area (Å²) in [6.45, 7) is 6.78. The van der Waals surface area contributed by atoms with E-state index in [0.717, 1.165) is 12.0 Å². The van der Waals surface area contributed by atoms with Crippen molar-refractivity contribution in [3.05, 3.63) is 35.4 Å². The third kappa shape index (κ3) is 2.65. The smallest absolute Gasteiger partial charge is 0.0294 e. The van der Waals surface area contributed by atoms with Crippen LogP contribution in [0.15, 0.2) is 24.3 Å². The van der Waals surface area contributed by atoms with Crippen molar-refractivity contribution in [3.63, 3.8) is 0 Å². The first-order chi connectivity index (χ1) is 7.66. The highest BCUT2D eigenvalue weighted by Gasteiger charge is 2.24. The van der Waals surface area contributed by atoms with E-state index in [4.69, 9.17) is 0 Å². The highest BCUT2D eigenvalue weighted by Crippen LogP contribution is 2.27. The second-order valence-corrected chi connectivity index (χ2v) is 5.31. The van der Waals surface area contributed by atoms with Gasteiger partial charge in [-0.25, -0.2) is 0 Å². The van der Waals surface area contributed by atoms with Gasteiger partial charge in [-0.3, -0.25) is 0 Å². The molecule has 0 radical (unpaired) electrons. The summed E-state index contributed by atoms with van der Waals surface area (Å²) >= 11 is 0. The molecule has 3 unspecified atom stereocenters. The van der Waals surface area contributed by atoms with E-state index in [0.29, 0.717) is 6.04 Å². The maximum Gasteiger partial charge on any atom is 0.0294 e. The average molecular weight is 217 g/mol. The van der Waals surface area contributed by atoms with Gasteiger partial charge in [0.25, 0.3) is 0 Å². The lowest BCUT2D eigenvalue weighted by Crippen LogP contribution is -2.33. The molecule has 3 atom stereocenters. The molecule has 0 bridgehead atoms. The molecule has 16 heavy (non-hydrogen) atoms. The Morgan fingerprint density at radius 2 is 1.88 bits per heavy atom. The van der Waals surface area contributed by atoms with E-state index in [2.05, 4.69) is 50.4 Å². The van der Waals surface area contributed by atoms with Crippen molar-refractivity contribution in [1.29, 1.82) is 0 Å². The van der Waals surface area contributed by atoms with Crippen molar-refractivity contribution in [3.8, 4) is 0 Å². The van der Waals surface area contributed by atoms with E-state index in [1.807, 2.05) is 0 Å². The van der Waals surface area contributed by atoms with E-state index < -0.39 is 0 Å². The molecule has 2 rings (SSSR count). The second-order valence-electron chi connectivity index (χ2n) is 5.31. The van der Waals surface area contributed by atoms with Gasteiger partial charge >= 0.3 is 0 Å². The molecular weight excluding hydrogens is 194 g/mol. The van der Waals surface area contributed by atoms with E-state index in [1.54, 1.807) is 0 Å². The third-order valence-electron chi connectivity index (χ3n) is 3.90. The molecule has 1 heteroatoms. The molecular formula is C15H23N. The van der Waals surface area contributed by atoms with E-state index >= 15 is 0 Å². The van der Waals surface area contributed by atoms with Crippen LogP contribution in [0, 0.1) is 12.8 Å². The third-order valence-corrected chi connectivity index (χ3v) is 3.90. The zero-order valence-electron chi connectivity index (χ0n) is 10.7. The fourth-order valence-electron chi connectivity index (χ4n) is 2.67. The van der Waals surface area contributed by atoms with Crippen molar-refractivity contribution >= 4 is 0 Å². The molecule has 0 spiro atoms. The fraction of sp³-hybridized carbons (Fsp3) is 0.600. The topological polar surface area (TPSA) is 12.0 Å². The number of rotatable bonds is 3. The molecule has 0 aromatic heterocycles. The van der Waals surface area contributed by atoms with Crippen molar-refractivity contribution < 1.29 is 0 Å². The zero-order chi connectivity index (χ0) is 11.5. The van der Waals surface area contributed by atoms with Crippen LogP contribution in [-0.4, -0.2) is 6.04 Å². The lowest BCUT2D eigenvalue weighted by atomic mass is 10.0. The first-order valence-corrected chi connectivity index (χ1v) is 6.49. The molecule has 1 aliphatic rings. The summed E-state index contributed by atoms with van der Waals surface area (Å²) in [5, 5.41) is 3.76. The quantitative estimate of drug-likeness (QED) is 0.811. The molecule has 1 nitrogen and oxygen atoms in total. The number of hydrogen-bond donors (Lipinski definition) is 1. The number of benzene rings is 1. The molecule has 0 aliphatic heterocycles. The Balaban J connectivity index is 1.97. The minimum atomic E-state index is 0.478. The molecule has 1 N–H and O–H groups in total. The van der Waals surface area contributed by atoms with Gasteiger partial charge in [-0.05, 0) is 38.2 Å². The van der Waals surface area contributed by atoms with Gasteiger partial charge in [-0.15, -0.1) is 0 Å². The maximum absolute atomic E-state index is 3.76. The lowest BCUT2D eigenvalue weighted by Gasteiger charge is -2.23. The number of aryl methyl sites for hydroxylation is 1. The molecule has 88 valence electrons. The van der Waals surface area contributed by atoms with E-state index in [-0.39, 0.29) is 0 Å². The minimum absolute atomic E-state index is 0.478. The summed E-state index contributed by atoms with van der Waals surface area (Å²) in [5.41, 5.74) is 2.75. The van der Waals surface area contributed by atoms with Gasteiger partial charge in [0.05, 0.1) is 0 Å². The Labute approximate surface area is 99.3 Å². The molecule has 1 aliphatic carbocycles. The Hall–Kier alpha value is -0.820. The van der Waals surface area contributed by atoms with Crippen LogP contribution in [0.3, 0.4) is 0 Å². The molecule has 1 aromatic rings. The van der Waals surface area contributed by atoms with Crippen LogP contribution in [0.25, 0.3) is 0 Å². The number of nitrogens with one attached hydrogen (secondary N) is 1. The summed E-state index contributed by atoms with van der Waals surface area (Å²) in [7, 11) is 0. The van der Waals surface area contributed by atoms with Crippen LogP contribution in [0.4, 0.5) is 0 Å². The first-order valence-electron chi connectivity index (χ1n) is 6.49. The summed E-state index contributed by atoms with van der Waals surface area (Å²) < 4.78 is 0. The zero-order valence-corrected chi connectivity index (χ0v) is 10.7. The Morgan fingerprint density at radius 3 is 2.44 bits per heavy atom. The van der Waals surface area contributed by atoms with Gasteiger partial charge < -0.3 is 5.32 Å². The van der Waals surface area contributed by atoms with Crippen molar-refractivity contribution in [2.24, 2.45) is 5.92 Å². The molecule has 1 saturated carbocycles. The van der Waals surface area contributed by atoms with Gasteiger partial charge in [0.15, 0.2) is 0 Å². The Bertz CT molecular complexity index is 328. The largest absolute Gasteiger partial charge is 0.307 e. The number of hydrogen-bond acceptors (Lipinski definition) is 1. The molecule has 0 heterocycles. The molecule has 0 amide bonds. The van der Waals surface area contributed by atoms with Gasteiger partial charge in [0, 0.05) is 12.1 Å². The van der Waals surface area contributed by atoms with Crippen LogP contribution in [0.5, 0.6) is 0 Å².